The van der Waals surface area contributed by atoms with E-state index >= 15 is 0 Å². The summed E-state index contributed by atoms with van der Waals surface area (Å²) in [5, 5.41) is 17.3. The zero-order valence-electron chi connectivity index (χ0n) is 8.70. The van der Waals surface area contributed by atoms with E-state index in [0.717, 1.165) is 0 Å². The highest BCUT2D eigenvalue weighted by molar-refractivity contribution is 7.89. The Labute approximate surface area is 93.7 Å². The van der Waals surface area contributed by atoms with Crippen molar-refractivity contribution in [2.24, 2.45) is 0 Å². The molecule has 0 aromatic heterocycles. The Morgan fingerprint density at radius 2 is 2.19 bits per heavy atom. The zero-order valence-corrected chi connectivity index (χ0v) is 9.52. The molecule has 1 atom stereocenters. The topological polar surface area (TPSA) is 104 Å². The number of aliphatic hydroxyl groups excluding tert-OH is 1. The molecule has 0 spiro atoms. The van der Waals surface area contributed by atoms with Gasteiger partial charge < -0.3 is 14.9 Å². The summed E-state index contributed by atoms with van der Waals surface area (Å²) in [6.45, 7) is 0.263. The maximum absolute atomic E-state index is 11.7. The van der Waals surface area contributed by atoms with E-state index in [2.05, 4.69) is 0 Å². The number of aliphatic hydroxyl groups is 1. The van der Waals surface area contributed by atoms with Gasteiger partial charge in [0.25, 0.3) is 0 Å². The maximum Gasteiger partial charge on any atom is 0.304 e. The van der Waals surface area contributed by atoms with Gasteiger partial charge in [-0.3, -0.25) is 4.79 Å². The van der Waals surface area contributed by atoms with E-state index in [-0.39, 0.29) is 26.3 Å². The molecule has 1 saturated heterocycles. The van der Waals surface area contributed by atoms with Gasteiger partial charge in [-0.2, -0.15) is 4.31 Å². The van der Waals surface area contributed by atoms with E-state index in [1.54, 1.807) is 0 Å². The van der Waals surface area contributed by atoms with E-state index in [0.29, 0.717) is 0 Å². The minimum Gasteiger partial charge on any atom is -0.481 e. The van der Waals surface area contributed by atoms with Crippen LogP contribution in [0.2, 0.25) is 0 Å². The first-order valence-corrected chi connectivity index (χ1v) is 6.48. The molecule has 0 aliphatic carbocycles. The Balaban J connectivity index is 2.57. The molecule has 0 radical (unpaired) electrons. The second kappa shape index (κ2) is 5.58. The van der Waals surface area contributed by atoms with Crippen LogP contribution in [0.25, 0.3) is 0 Å². The summed E-state index contributed by atoms with van der Waals surface area (Å²) in [6.07, 6.45) is -0.933. The second-order valence-corrected chi connectivity index (χ2v) is 5.58. The number of hydrogen-bond donors (Lipinski definition) is 2. The highest BCUT2D eigenvalue weighted by Crippen LogP contribution is 2.11. The van der Waals surface area contributed by atoms with Crippen molar-refractivity contribution in [3.8, 4) is 0 Å². The van der Waals surface area contributed by atoms with Crippen molar-refractivity contribution in [2.75, 3.05) is 32.1 Å². The number of carbonyl (C=O) groups is 1. The molecule has 0 aromatic carbocycles. The summed E-state index contributed by atoms with van der Waals surface area (Å²) in [5.74, 6) is -1.56. The van der Waals surface area contributed by atoms with Gasteiger partial charge in [-0.25, -0.2) is 8.42 Å². The predicted octanol–water partition coefficient (Wildman–Crippen LogP) is -1.52. The summed E-state index contributed by atoms with van der Waals surface area (Å²) in [6, 6.07) is 0. The molecule has 16 heavy (non-hydrogen) atoms. The van der Waals surface area contributed by atoms with Crippen molar-refractivity contribution in [3.63, 3.8) is 0 Å². The minimum absolute atomic E-state index is 0.0818. The fraction of sp³-hybridized carbons (Fsp3) is 0.875. The third-order valence-electron chi connectivity index (χ3n) is 2.27. The zero-order chi connectivity index (χ0) is 12.2. The van der Waals surface area contributed by atoms with Crippen LogP contribution in [0.1, 0.15) is 6.42 Å². The maximum atomic E-state index is 11.7. The molecule has 0 amide bonds. The van der Waals surface area contributed by atoms with Gasteiger partial charge in [0.1, 0.15) is 0 Å². The van der Waals surface area contributed by atoms with E-state index < -0.39 is 34.3 Å². The molecule has 1 aliphatic heterocycles. The van der Waals surface area contributed by atoms with E-state index in [1.807, 2.05) is 0 Å². The Kier molecular flexibility index (Phi) is 4.66. The van der Waals surface area contributed by atoms with Crippen LogP contribution in [0.3, 0.4) is 0 Å². The summed E-state index contributed by atoms with van der Waals surface area (Å²) < 4.78 is 29.6. The van der Waals surface area contributed by atoms with E-state index in [1.165, 1.54) is 4.31 Å². The SMILES string of the molecule is O=C(O)CCS(=O)(=O)N1CCOC(CO)C1. The van der Waals surface area contributed by atoms with Gasteiger partial charge in [0.15, 0.2) is 0 Å². The molecule has 1 heterocycles. The van der Waals surface area contributed by atoms with Gasteiger partial charge in [-0.1, -0.05) is 0 Å². The molecule has 7 nitrogen and oxygen atoms in total. The number of carboxylic acids is 1. The van der Waals surface area contributed by atoms with Crippen molar-refractivity contribution in [1.29, 1.82) is 0 Å². The molecule has 2 N–H and O–H groups in total. The first kappa shape index (κ1) is 13.4. The van der Waals surface area contributed by atoms with Gasteiger partial charge in [0.05, 0.1) is 31.5 Å². The highest BCUT2D eigenvalue weighted by Gasteiger charge is 2.29. The summed E-state index contributed by atoms with van der Waals surface area (Å²) >= 11 is 0. The van der Waals surface area contributed by atoms with Crippen LogP contribution in [-0.2, 0) is 19.6 Å². The number of ether oxygens (including phenoxy) is 1. The van der Waals surface area contributed by atoms with Crippen molar-refractivity contribution in [1.82, 2.24) is 4.31 Å². The van der Waals surface area contributed by atoms with Crippen LogP contribution in [0.5, 0.6) is 0 Å². The number of rotatable bonds is 5. The van der Waals surface area contributed by atoms with Crippen molar-refractivity contribution < 1.29 is 28.2 Å². The molecule has 1 unspecified atom stereocenters. The van der Waals surface area contributed by atoms with Gasteiger partial charge in [-0.15, -0.1) is 0 Å². The Morgan fingerprint density at radius 3 is 2.75 bits per heavy atom. The number of aliphatic carboxylic acids is 1. The van der Waals surface area contributed by atoms with Crippen LogP contribution in [0, 0.1) is 0 Å². The van der Waals surface area contributed by atoms with Gasteiger partial charge >= 0.3 is 5.97 Å². The van der Waals surface area contributed by atoms with Crippen molar-refractivity contribution >= 4 is 16.0 Å². The van der Waals surface area contributed by atoms with Crippen molar-refractivity contribution in [2.45, 2.75) is 12.5 Å². The highest BCUT2D eigenvalue weighted by atomic mass is 32.2. The fourth-order valence-electron chi connectivity index (χ4n) is 1.40. The normalized spacial score (nSPS) is 23.2. The monoisotopic (exact) mass is 253 g/mol. The first-order chi connectivity index (χ1) is 7.45. The van der Waals surface area contributed by atoms with Crippen LogP contribution < -0.4 is 0 Å². The van der Waals surface area contributed by atoms with Crippen molar-refractivity contribution in [3.05, 3.63) is 0 Å². The van der Waals surface area contributed by atoms with Gasteiger partial charge in [0, 0.05) is 13.1 Å². The summed E-state index contributed by atoms with van der Waals surface area (Å²) in [4.78, 5) is 10.3. The molecule has 0 saturated carbocycles. The molecular formula is C8H15NO6S. The number of sulfonamides is 1. The average molecular weight is 253 g/mol. The molecule has 1 aliphatic rings. The largest absolute Gasteiger partial charge is 0.481 e. The lowest BCUT2D eigenvalue weighted by Crippen LogP contribution is -2.47. The minimum atomic E-state index is -3.56. The molecule has 8 heteroatoms. The average Bonchev–Trinajstić information content (AvgIpc) is 2.27. The molecule has 0 bridgehead atoms. The molecule has 1 rings (SSSR count). The van der Waals surface area contributed by atoms with Crippen LogP contribution in [-0.4, -0.2) is 67.1 Å². The smallest absolute Gasteiger partial charge is 0.304 e. The van der Waals surface area contributed by atoms with Crippen LogP contribution in [0.4, 0.5) is 0 Å². The Bertz CT molecular complexity index is 340. The fourth-order valence-corrected chi connectivity index (χ4v) is 2.84. The summed E-state index contributed by atoms with van der Waals surface area (Å²) in [5.41, 5.74) is 0. The number of hydrogen-bond acceptors (Lipinski definition) is 5. The van der Waals surface area contributed by atoms with E-state index in [9.17, 15) is 13.2 Å². The molecule has 1 fully saturated rings. The standard InChI is InChI=1S/C8H15NO6S/c10-6-7-5-9(2-3-15-7)16(13,14)4-1-8(11)12/h7,10H,1-6H2,(H,11,12). The molecule has 94 valence electrons. The molecule has 0 aromatic rings. The summed E-state index contributed by atoms with van der Waals surface area (Å²) in [7, 11) is -3.56. The Hall–Kier alpha value is -0.700. The first-order valence-electron chi connectivity index (χ1n) is 4.88. The number of morpholine rings is 1. The number of carboxylic acid groups (broad SMARTS) is 1. The van der Waals surface area contributed by atoms with Gasteiger partial charge in [-0.05, 0) is 0 Å². The molecular weight excluding hydrogens is 238 g/mol. The van der Waals surface area contributed by atoms with Crippen LogP contribution in [0.15, 0.2) is 0 Å². The quantitative estimate of drug-likeness (QED) is 0.617. The second-order valence-electron chi connectivity index (χ2n) is 3.49. The third kappa shape index (κ3) is 3.71. The third-order valence-corrected chi connectivity index (χ3v) is 4.11. The van der Waals surface area contributed by atoms with Gasteiger partial charge in [0.2, 0.25) is 10.0 Å². The lowest BCUT2D eigenvalue weighted by atomic mass is 10.3. The number of nitrogens with zero attached hydrogens (tertiary/aromatic N) is 1. The lowest BCUT2D eigenvalue weighted by Gasteiger charge is -2.31. The predicted molar refractivity (Wildman–Crippen MR) is 54.4 cm³/mol. The lowest BCUT2D eigenvalue weighted by molar-refractivity contribution is -0.136. The van der Waals surface area contributed by atoms with E-state index in [4.69, 9.17) is 14.9 Å². The van der Waals surface area contributed by atoms with Crippen LogP contribution >= 0.6 is 0 Å². The Morgan fingerprint density at radius 1 is 1.50 bits per heavy atom.